The highest BCUT2D eigenvalue weighted by Gasteiger charge is 2.46. The topological polar surface area (TPSA) is 38.7 Å². The third-order valence-corrected chi connectivity index (χ3v) is 13.0. The number of fused-ring (bicyclic) bond motifs is 4. The first-order valence-electron chi connectivity index (χ1n) is 22.2. The molecular formula is C62H41N3. The van der Waals surface area contributed by atoms with E-state index >= 15 is 0 Å². The van der Waals surface area contributed by atoms with Crippen molar-refractivity contribution in [3.63, 3.8) is 0 Å². The quantitative estimate of drug-likeness (QED) is 0.153. The number of aromatic nitrogens is 3. The summed E-state index contributed by atoms with van der Waals surface area (Å²) in [5.74, 6) is 1.93. The smallest absolute Gasteiger partial charge is 0.164 e. The molecule has 3 nitrogen and oxygen atoms in total. The van der Waals surface area contributed by atoms with E-state index in [1.54, 1.807) is 0 Å². The summed E-state index contributed by atoms with van der Waals surface area (Å²) in [6.45, 7) is 0. The van der Waals surface area contributed by atoms with Crippen LogP contribution in [0.4, 0.5) is 0 Å². The van der Waals surface area contributed by atoms with Crippen molar-refractivity contribution >= 4 is 10.8 Å². The van der Waals surface area contributed by atoms with E-state index in [9.17, 15) is 0 Å². The molecule has 0 saturated heterocycles. The molecule has 0 saturated carbocycles. The Labute approximate surface area is 379 Å². The molecule has 1 aliphatic carbocycles. The van der Waals surface area contributed by atoms with Crippen LogP contribution in [-0.4, -0.2) is 15.0 Å². The molecule has 0 unspecified atom stereocenters. The van der Waals surface area contributed by atoms with Gasteiger partial charge in [-0.2, -0.15) is 0 Å². The van der Waals surface area contributed by atoms with Gasteiger partial charge in [0, 0.05) is 16.7 Å². The molecule has 3 heteroatoms. The molecule has 304 valence electrons. The molecule has 0 fully saturated rings. The number of hydrogen-bond acceptors (Lipinski definition) is 3. The summed E-state index contributed by atoms with van der Waals surface area (Å²) >= 11 is 0. The standard InChI is InChI=1S/C62H41N3/c1-5-19-45(20-6-1)59-63-60(46-21-7-2-8-22-46)65-61(64-59)50-25-17-24-48(39-50)43-32-35-44(36-33-43)55-41-58-56(40-54(55)49-37-34-42-18-13-14-23-47(42)38-49)53-30-15-16-31-57(53)62(58,51-26-9-3-10-27-51)52-28-11-4-12-29-52/h1-41H. The lowest BCUT2D eigenvalue weighted by Crippen LogP contribution is -2.28. The van der Waals surface area contributed by atoms with E-state index in [2.05, 4.69) is 188 Å². The van der Waals surface area contributed by atoms with Gasteiger partial charge in [0.1, 0.15) is 0 Å². The normalized spacial score (nSPS) is 12.4. The zero-order valence-electron chi connectivity index (χ0n) is 35.5. The molecule has 0 amide bonds. The highest BCUT2D eigenvalue weighted by atomic mass is 15.0. The summed E-state index contributed by atoms with van der Waals surface area (Å²) < 4.78 is 0. The minimum atomic E-state index is -0.513. The number of rotatable bonds is 8. The first kappa shape index (κ1) is 38.2. The van der Waals surface area contributed by atoms with Gasteiger partial charge in [-0.1, -0.05) is 224 Å². The van der Waals surface area contributed by atoms with E-state index in [-0.39, 0.29) is 0 Å². The summed E-state index contributed by atoms with van der Waals surface area (Å²) in [4.78, 5) is 15.0. The molecular weight excluding hydrogens is 787 g/mol. The van der Waals surface area contributed by atoms with Gasteiger partial charge in [-0.25, -0.2) is 15.0 Å². The van der Waals surface area contributed by atoms with Crippen LogP contribution in [0.1, 0.15) is 22.3 Å². The Kier molecular flexibility index (Phi) is 9.39. The molecule has 0 spiro atoms. The fraction of sp³-hybridized carbons (Fsp3) is 0.0161. The van der Waals surface area contributed by atoms with Gasteiger partial charge in [0.25, 0.3) is 0 Å². The number of nitrogens with zero attached hydrogens (tertiary/aromatic N) is 3. The molecule has 10 aromatic carbocycles. The summed E-state index contributed by atoms with van der Waals surface area (Å²) in [5.41, 5.74) is 16.9. The molecule has 1 heterocycles. The van der Waals surface area contributed by atoms with E-state index in [0.717, 1.165) is 33.4 Å². The van der Waals surface area contributed by atoms with Gasteiger partial charge < -0.3 is 0 Å². The minimum absolute atomic E-state index is 0.513. The van der Waals surface area contributed by atoms with Crippen LogP contribution in [-0.2, 0) is 5.41 Å². The van der Waals surface area contributed by atoms with Crippen molar-refractivity contribution < 1.29 is 0 Å². The first-order chi connectivity index (χ1) is 32.2. The van der Waals surface area contributed by atoms with Crippen molar-refractivity contribution in [2.45, 2.75) is 5.41 Å². The molecule has 0 aliphatic heterocycles. The molecule has 0 N–H and O–H groups in total. The summed E-state index contributed by atoms with van der Waals surface area (Å²) in [5, 5.41) is 2.45. The van der Waals surface area contributed by atoms with Gasteiger partial charge >= 0.3 is 0 Å². The lowest BCUT2D eigenvalue weighted by molar-refractivity contribution is 0.769. The van der Waals surface area contributed by atoms with Crippen LogP contribution < -0.4 is 0 Å². The van der Waals surface area contributed by atoms with E-state index in [0.29, 0.717) is 17.5 Å². The lowest BCUT2D eigenvalue weighted by Gasteiger charge is -2.34. The minimum Gasteiger partial charge on any atom is -0.208 e. The third-order valence-electron chi connectivity index (χ3n) is 13.0. The second kappa shape index (κ2) is 16.0. The van der Waals surface area contributed by atoms with Crippen LogP contribution in [0.5, 0.6) is 0 Å². The fourth-order valence-electron chi connectivity index (χ4n) is 9.94. The monoisotopic (exact) mass is 827 g/mol. The summed E-state index contributed by atoms with van der Waals surface area (Å²) in [6.07, 6.45) is 0. The Bertz CT molecular complexity index is 3410. The predicted molar refractivity (Wildman–Crippen MR) is 267 cm³/mol. The van der Waals surface area contributed by atoms with Crippen LogP contribution >= 0.6 is 0 Å². The maximum absolute atomic E-state index is 5.02. The zero-order valence-corrected chi connectivity index (χ0v) is 35.5. The van der Waals surface area contributed by atoms with Gasteiger partial charge in [0.15, 0.2) is 17.5 Å². The molecule has 0 atom stereocenters. The summed E-state index contributed by atoms with van der Waals surface area (Å²) in [7, 11) is 0. The van der Waals surface area contributed by atoms with Crippen LogP contribution in [0.3, 0.4) is 0 Å². The maximum Gasteiger partial charge on any atom is 0.164 e. The Morgan fingerprint density at radius 2 is 0.708 bits per heavy atom. The molecule has 0 radical (unpaired) electrons. The van der Waals surface area contributed by atoms with Crippen molar-refractivity contribution in [2.75, 3.05) is 0 Å². The van der Waals surface area contributed by atoms with Gasteiger partial charge in [0.2, 0.25) is 0 Å². The van der Waals surface area contributed by atoms with Crippen molar-refractivity contribution in [1.82, 2.24) is 15.0 Å². The third kappa shape index (κ3) is 6.65. The largest absolute Gasteiger partial charge is 0.208 e. The van der Waals surface area contributed by atoms with Crippen LogP contribution in [0.15, 0.2) is 249 Å². The van der Waals surface area contributed by atoms with Gasteiger partial charge in [-0.15, -0.1) is 0 Å². The lowest BCUT2D eigenvalue weighted by atomic mass is 9.67. The molecule has 0 bridgehead atoms. The van der Waals surface area contributed by atoms with Crippen LogP contribution in [0.2, 0.25) is 0 Å². The van der Waals surface area contributed by atoms with Crippen molar-refractivity contribution in [3.8, 4) is 78.7 Å². The molecule has 65 heavy (non-hydrogen) atoms. The Hall–Kier alpha value is -8.53. The Balaban J connectivity index is 1.02. The van der Waals surface area contributed by atoms with Gasteiger partial charge in [0.05, 0.1) is 5.41 Å². The average molecular weight is 828 g/mol. The van der Waals surface area contributed by atoms with Crippen molar-refractivity contribution in [2.24, 2.45) is 0 Å². The molecule has 1 aromatic heterocycles. The number of hydrogen-bond donors (Lipinski definition) is 0. The molecule has 11 aromatic rings. The van der Waals surface area contributed by atoms with Crippen molar-refractivity contribution in [1.29, 1.82) is 0 Å². The van der Waals surface area contributed by atoms with E-state index in [4.69, 9.17) is 15.0 Å². The van der Waals surface area contributed by atoms with Crippen LogP contribution in [0.25, 0.3) is 89.4 Å². The fourth-order valence-corrected chi connectivity index (χ4v) is 9.94. The van der Waals surface area contributed by atoms with E-state index < -0.39 is 5.41 Å². The molecule has 1 aliphatic rings. The average Bonchev–Trinajstić information content (AvgIpc) is 3.69. The summed E-state index contributed by atoms with van der Waals surface area (Å²) in [6, 6.07) is 89.4. The van der Waals surface area contributed by atoms with Gasteiger partial charge in [-0.05, 0) is 102 Å². The maximum atomic E-state index is 5.02. The Morgan fingerprint density at radius 3 is 1.35 bits per heavy atom. The van der Waals surface area contributed by atoms with E-state index in [1.807, 2.05) is 60.7 Å². The molecule has 12 rings (SSSR count). The zero-order chi connectivity index (χ0) is 43.2. The highest BCUT2D eigenvalue weighted by molar-refractivity contribution is 5.97. The van der Waals surface area contributed by atoms with Gasteiger partial charge in [-0.3, -0.25) is 0 Å². The predicted octanol–water partition coefficient (Wildman–Crippen LogP) is 15.4. The van der Waals surface area contributed by atoms with Crippen LogP contribution in [0, 0.1) is 0 Å². The second-order valence-electron chi connectivity index (χ2n) is 16.7. The van der Waals surface area contributed by atoms with Crippen molar-refractivity contribution in [3.05, 3.63) is 271 Å². The SMILES string of the molecule is c1ccc(-c2nc(-c3ccccc3)nc(-c3cccc(-c4ccc(-c5cc6c(cc5-c5ccc7ccccc7c5)-c5ccccc5C6(c5ccccc5)c5ccccc5)cc4)c3)n2)cc1. The highest BCUT2D eigenvalue weighted by Crippen LogP contribution is 2.58. The number of benzene rings is 10. The Morgan fingerprint density at radius 1 is 0.231 bits per heavy atom. The second-order valence-corrected chi connectivity index (χ2v) is 16.7. The first-order valence-corrected chi connectivity index (χ1v) is 22.2. The van der Waals surface area contributed by atoms with E-state index in [1.165, 1.54) is 60.8 Å².